The van der Waals surface area contributed by atoms with E-state index in [1.54, 1.807) is 12.5 Å². The summed E-state index contributed by atoms with van der Waals surface area (Å²) in [5.41, 5.74) is 2.52. The summed E-state index contributed by atoms with van der Waals surface area (Å²) in [6.45, 7) is 0.679. The van der Waals surface area contributed by atoms with Crippen molar-refractivity contribution in [3.63, 3.8) is 0 Å². The topological polar surface area (TPSA) is 80.1 Å². The van der Waals surface area contributed by atoms with E-state index in [0.717, 1.165) is 55.4 Å². The van der Waals surface area contributed by atoms with Crippen LogP contribution in [0.5, 0.6) is 0 Å². The highest BCUT2D eigenvalue weighted by Crippen LogP contribution is 2.29. The molecule has 0 spiro atoms. The standard InChI is InChI=1S/C24H27N5O2/c30-23(21-11-6-14-28(21)24(31)17-7-2-1-3-8-17)27-18-12-13-22(25-15-18)29-16-26-19-9-4-5-10-20(19)29/h4-5,9-10,12-13,15-17,21H,1-3,6-8,11,14H2,(H,27,30). The van der Waals surface area contributed by atoms with Crippen LogP contribution < -0.4 is 5.32 Å². The Hall–Kier alpha value is -3.22. The molecule has 1 atom stereocenters. The SMILES string of the molecule is O=C(Nc1ccc(-n2cnc3ccccc32)nc1)C1CCCN1C(=O)C1CCCCC1. The molecule has 2 aromatic heterocycles. The van der Waals surface area contributed by atoms with Crippen molar-refractivity contribution in [2.24, 2.45) is 5.92 Å². The van der Waals surface area contributed by atoms with Crippen molar-refractivity contribution in [1.82, 2.24) is 19.4 Å². The van der Waals surface area contributed by atoms with Crippen LogP contribution in [0.2, 0.25) is 0 Å². The van der Waals surface area contributed by atoms with Gasteiger partial charge >= 0.3 is 0 Å². The van der Waals surface area contributed by atoms with Gasteiger partial charge in [-0.1, -0.05) is 31.4 Å². The van der Waals surface area contributed by atoms with Crippen LogP contribution in [0.25, 0.3) is 16.9 Å². The van der Waals surface area contributed by atoms with Crippen LogP contribution in [0.15, 0.2) is 48.9 Å². The lowest BCUT2D eigenvalue weighted by Gasteiger charge is -2.30. The number of para-hydroxylation sites is 2. The summed E-state index contributed by atoms with van der Waals surface area (Å²) < 4.78 is 1.92. The number of carbonyl (C=O) groups is 2. The Balaban J connectivity index is 1.27. The molecule has 2 amide bonds. The second-order valence-corrected chi connectivity index (χ2v) is 8.52. The molecule has 0 bridgehead atoms. The highest BCUT2D eigenvalue weighted by atomic mass is 16.2. The molecule has 5 rings (SSSR count). The average molecular weight is 418 g/mol. The zero-order valence-corrected chi connectivity index (χ0v) is 17.5. The lowest BCUT2D eigenvalue weighted by molar-refractivity contribution is -0.141. The van der Waals surface area contributed by atoms with Crippen LogP contribution in [0.3, 0.4) is 0 Å². The Bertz CT molecular complexity index is 1080. The molecule has 1 saturated carbocycles. The Morgan fingerprint density at radius 3 is 2.58 bits per heavy atom. The smallest absolute Gasteiger partial charge is 0.247 e. The van der Waals surface area contributed by atoms with E-state index in [4.69, 9.17) is 0 Å². The Morgan fingerprint density at radius 2 is 1.77 bits per heavy atom. The van der Waals surface area contributed by atoms with Gasteiger partial charge in [-0.3, -0.25) is 14.2 Å². The molecule has 1 aliphatic heterocycles. The molecule has 0 radical (unpaired) electrons. The fourth-order valence-corrected chi connectivity index (χ4v) is 4.86. The maximum absolute atomic E-state index is 13.0. The highest BCUT2D eigenvalue weighted by Gasteiger charge is 2.37. The quantitative estimate of drug-likeness (QED) is 0.697. The number of imidazole rings is 1. The number of aromatic nitrogens is 3. The molecule has 2 fully saturated rings. The van der Waals surface area contributed by atoms with Crippen LogP contribution in [-0.2, 0) is 9.59 Å². The van der Waals surface area contributed by atoms with Gasteiger partial charge in [0.15, 0.2) is 0 Å². The molecular formula is C24H27N5O2. The van der Waals surface area contributed by atoms with Gasteiger partial charge in [0.25, 0.3) is 0 Å². The zero-order valence-electron chi connectivity index (χ0n) is 17.5. The molecular weight excluding hydrogens is 390 g/mol. The van der Waals surface area contributed by atoms with Crippen LogP contribution in [0.4, 0.5) is 5.69 Å². The first-order chi connectivity index (χ1) is 15.2. The fourth-order valence-electron chi connectivity index (χ4n) is 4.86. The van der Waals surface area contributed by atoms with Gasteiger partial charge in [0, 0.05) is 12.5 Å². The number of fused-ring (bicyclic) bond motifs is 1. The number of hydrogen-bond acceptors (Lipinski definition) is 4. The van der Waals surface area contributed by atoms with Gasteiger partial charge in [-0.05, 0) is 49.9 Å². The summed E-state index contributed by atoms with van der Waals surface area (Å²) in [6, 6.07) is 11.2. The van der Waals surface area contributed by atoms with Gasteiger partial charge in [0.05, 0.1) is 22.9 Å². The lowest BCUT2D eigenvalue weighted by Crippen LogP contribution is -2.46. The van der Waals surface area contributed by atoms with Gasteiger partial charge in [-0.25, -0.2) is 9.97 Å². The van der Waals surface area contributed by atoms with Crippen molar-refractivity contribution in [2.45, 2.75) is 51.0 Å². The molecule has 1 aromatic carbocycles. The molecule has 7 heteroatoms. The molecule has 1 saturated heterocycles. The van der Waals surface area contributed by atoms with Crippen LogP contribution in [0.1, 0.15) is 44.9 Å². The number of amides is 2. The van der Waals surface area contributed by atoms with Gasteiger partial charge in [-0.2, -0.15) is 0 Å². The summed E-state index contributed by atoms with van der Waals surface area (Å²) in [5, 5.41) is 2.96. The van der Waals surface area contributed by atoms with Gasteiger partial charge in [-0.15, -0.1) is 0 Å². The second-order valence-electron chi connectivity index (χ2n) is 8.52. The molecule has 3 aromatic rings. The lowest BCUT2D eigenvalue weighted by atomic mass is 9.88. The third kappa shape index (κ3) is 3.92. The van der Waals surface area contributed by atoms with Gasteiger partial charge in [0.2, 0.25) is 11.8 Å². The number of anilines is 1. The number of benzene rings is 1. The third-order valence-electron chi connectivity index (χ3n) is 6.51. The first kappa shape index (κ1) is 19.7. The van der Waals surface area contributed by atoms with E-state index in [0.29, 0.717) is 12.2 Å². The first-order valence-electron chi connectivity index (χ1n) is 11.2. The van der Waals surface area contributed by atoms with Crippen LogP contribution in [0, 0.1) is 5.92 Å². The van der Waals surface area contributed by atoms with Gasteiger partial charge in [0.1, 0.15) is 18.2 Å². The minimum atomic E-state index is -0.383. The monoisotopic (exact) mass is 417 g/mol. The van der Waals surface area contributed by atoms with Crippen LogP contribution >= 0.6 is 0 Å². The first-order valence-corrected chi connectivity index (χ1v) is 11.2. The fraction of sp³-hybridized carbons (Fsp3) is 0.417. The normalized spacial score (nSPS) is 19.6. The number of likely N-dealkylation sites (tertiary alicyclic amines) is 1. The van der Waals surface area contributed by atoms with Crippen molar-refractivity contribution < 1.29 is 9.59 Å². The minimum absolute atomic E-state index is 0.0908. The highest BCUT2D eigenvalue weighted by molar-refractivity contribution is 5.97. The third-order valence-corrected chi connectivity index (χ3v) is 6.51. The van der Waals surface area contributed by atoms with E-state index in [1.165, 1.54) is 6.42 Å². The van der Waals surface area contributed by atoms with E-state index >= 15 is 0 Å². The number of nitrogens with zero attached hydrogens (tertiary/aromatic N) is 4. The number of rotatable bonds is 4. The van der Waals surface area contributed by atoms with Crippen molar-refractivity contribution in [3.05, 3.63) is 48.9 Å². The number of nitrogens with one attached hydrogen (secondary N) is 1. The van der Waals surface area contributed by atoms with Crippen molar-refractivity contribution in [2.75, 3.05) is 11.9 Å². The molecule has 3 heterocycles. The summed E-state index contributed by atoms with van der Waals surface area (Å²) in [4.78, 5) is 36.6. The zero-order chi connectivity index (χ0) is 21.2. The van der Waals surface area contributed by atoms with Crippen molar-refractivity contribution in [3.8, 4) is 5.82 Å². The Morgan fingerprint density at radius 1 is 0.935 bits per heavy atom. The second kappa shape index (κ2) is 8.49. The van der Waals surface area contributed by atoms with Crippen molar-refractivity contribution >= 4 is 28.5 Å². The maximum atomic E-state index is 13.0. The van der Waals surface area contributed by atoms with Crippen molar-refractivity contribution in [1.29, 1.82) is 0 Å². The van der Waals surface area contributed by atoms with E-state index in [9.17, 15) is 9.59 Å². The predicted molar refractivity (Wildman–Crippen MR) is 119 cm³/mol. The summed E-state index contributed by atoms with van der Waals surface area (Å²) in [6.07, 6.45) is 10.4. The number of carbonyl (C=O) groups excluding carboxylic acids is 2. The molecule has 2 aliphatic rings. The number of hydrogen-bond donors (Lipinski definition) is 1. The van der Waals surface area contributed by atoms with E-state index in [2.05, 4.69) is 15.3 Å². The minimum Gasteiger partial charge on any atom is -0.330 e. The van der Waals surface area contributed by atoms with E-state index in [1.807, 2.05) is 45.9 Å². The van der Waals surface area contributed by atoms with E-state index < -0.39 is 0 Å². The molecule has 1 N–H and O–H groups in total. The van der Waals surface area contributed by atoms with E-state index in [-0.39, 0.29) is 23.8 Å². The molecule has 1 unspecified atom stereocenters. The average Bonchev–Trinajstić information content (AvgIpc) is 3.47. The molecule has 7 nitrogen and oxygen atoms in total. The number of pyridine rings is 1. The largest absolute Gasteiger partial charge is 0.330 e. The molecule has 1 aliphatic carbocycles. The van der Waals surface area contributed by atoms with Gasteiger partial charge < -0.3 is 10.2 Å². The Kier molecular flexibility index (Phi) is 5.40. The van der Waals surface area contributed by atoms with Crippen LogP contribution in [-0.4, -0.2) is 43.8 Å². The molecule has 160 valence electrons. The molecule has 31 heavy (non-hydrogen) atoms. The summed E-state index contributed by atoms with van der Waals surface area (Å²) in [5.74, 6) is 0.872. The predicted octanol–water partition coefficient (Wildman–Crippen LogP) is 3.93. The summed E-state index contributed by atoms with van der Waals surface area (Å²) >= 11 is 0. The summed E-state index contributed by atoms with van der Waals surface area (Å²) in [7, 11) is 0. The maximum Gasteiger partial charge on any atom is 0.247 e. The Labute approximate surface area is 181 Å².